The Bertz CT molecular complexity index is 462. The van der Waals surface area contributed by atoms with Gasteiger partial charge in [0, 0.05) is 31.4 Å². The minimum atomic E-state index is -0.866. The van der Waals surface area contributed by atoms with Crippen molar-refractivity contribution in [1.82, 2.24) is 9.88 Å². The molecule has 2 N–H and O–H groups in total. The number of nitrogens with two attached hydrogens (primary N) is 1. The van der Waals surface area contributed by atoms with Crippen LogP contribution in [0.25, 0.3) is 0 Å². The number of hydrogen-bond donors (Lipinski definition) is 1. The zero-order valence-electron chi connectivity index (χ0n) is 12.9. The molecule has 0 saturated heterocycles. The van der Waals surface area contributed by atoms with E-state index in [1.807, 2.05) is 32.2 Å². The third kappa shape index (κ3) is 4.25. The molecule has 5 nitrogen and oxygen atoms in total. The molecule has 2 rings (SSSR count). The Labute approximate surface area is 126 Å². The lowest BCUT2D eigenvalue weighted by molar-refractivity contribution is -0.151. The van der Waals surface area contributed by atoms with Crippen LogP contribution in [0.1, 0.15) is 25.5 Å². The second kappa shape index (κ2) is 7.00. The minimum absolute atomic E-state index is 0.258. The molecular weight excluding hydrogens is 266 g/mol. The summed E-state index contributed by atoms with van der Waals surface area (Å²) >= 11 is 0. The monoisotopic (exact) mass is 291 g/mol. The van der Waals surface area contributed by atoms with Crippen LogP contribution in [0, 0.1) is 5.92 Å². The third-order valence-corrected chi connectivity index (χ3v) is 3.97. The van der Waals surface area contributed by atoms with Crippen LogP contribution in [0.2, 0.25) is 0 Å². The van der Waals surface area contributed by atoms with E-state index >= 15 is 0 Å². The average Bonchev–Trinajstić information content (AvgIpc) is 3.31. The van der Waals surface area contributed by atoms with E-state index in [9.17, 15) is 4.79 Å². The summed E-state index contributed by atoms with van der Waals surface area (Å²) in [6.07, 6.45) is 4.68. The van der Waals surface area contributed by atoms with Gasteiger partial charge in [0.2, 0.25) is 0 Å². The Morgan fingerprint density at radius 1 is 1.52 bits per heavy atom. The predicted molar refractivity (Wildman–Crippen MR) is 81.7 cm³/mol. The highest BCUT2D eigenvalue weighted by Gasteiger charge is 2.49. The molecule has 1 aromatic rings. The number of hydrogen-bond acceptors (Lipinski definition) is 5. The topological polar surface area (TPSA) is 68.5 Å². The van der Waals surface area contributed by atoms with Gasteiger partial charge in [-0.2, -0.15) is 0 Å². The zero-order valence-corrected chi connectivity index (χ0v) is 12.9. The quantitative estimate of drug-likeness (QED) is 0.730. The first-order valence-corrected chi connectivity index (χ1v) is 7.61. The lowest BCUT2D eigenvalue weighted by Gasteiger charge is -2.31. The largest absolute Gasteiger partial charge is 0.465 e. The number of esters is 1. The summed E-state index contributed by atoms with van der Waals surface area (Å²) in [6, 6.07) is 5.90. The van der Waals surface area contributed by atoms with Gasteiger partial charge in [-0.3, -0.25) is 4.98 Å². The Morgan fingerprint density at radius 3 is 2.86 bits per heavy atom. The van der Waals surface area contributed by atoms with Crippen molar-refractivity contribution in [3.8, 4) is 0 Å². The molecule has 1 fully saturated rings. The fourth-order valence-electron chi connectivity index (χ4n) is 2.60. The number of rotatable bonds is 8. The SMILES string of the molecule is CCOC(=O)C(N)(CN(C)CCc1ccccn1)C1CC1. The Hall–Kier alpha value is -1.46. The van der Waals surface area contributed by atoms with Crippen molar-refractivity contribution in [2.75, 3.05) is 26.7 Å². The molecule has 0 spiro atoms. The number of ether oxygens (including phenoxy) is 1. The van der Waals surface area contributed by atoms with E-state index in [2.05, 4.69) is 9.88 Å². The summed E-state index contributed by atoms with van der Waals surface area (Å²) in [5.41, 5.74) is 6.56. The molecule has 1 saturated carbocycles. The molecule has 1 heterocycles. The molecule has 1 aliphatic carbocycles. The van der Waals surface area contributed by atoms with Gasteiger partial charge in [-0.05, 0) is 44.9 Å². The normalized spacial score (nSPS) is 17.5. The summed E-state index contributed by atoms with van der Waals surface area (Å²) in [6.45, 7) is 3.55. The second-order valence-electron chi connectivity index (χ2n) is 5.84. The van der Waals surface area contributed by atoms with Crippen molar-refractivity contribution in [3.05, 3.63) is 30.1 Å². The molecule has 0 aromatic carbocycles. The number of aromatic nitrogens is 1. The molecule has 1 atom stereocenters. The minimum Gasteiger partial charge on any atom is -0.465 e. The van der Waals surface area contributed by atoms with Crippen LogP contribution in [-0.2, 0) is 16.0 Å². The summed E-state index contributed by atoms with van der Waals surface area (Å²) in [5, 5.41) is 0. The van der Waals surface area contributed by atoms with Crippen molar-refractivity contribution in [2.45, 2.75) is 31.7 Å². The number of carbonyl (C=O) groups excluding carboxylic acids is 1. The Balaban J connectivity index is 1.89. The summed E-state index contributed by atoms with van der Waals surface area (Å²) < 4.78 is 5.17. The van der Waals surface area contributed by atoms with Gasteiger partial charge in [0.25, 0.3) is 0 Å². The van der Waals surface area contributed by atoms with E-state index in [0.717, 1.165) is 31.5 Å². The van der Waals surface area contributed by atoms with Crippen LogP contribution in [0.5, 0.6) is 0 Å². The molecular formula is C16H25N3O2. The number of likely N-dealkylation sites (N-methyl/N-ethyl adjacent to an activating group) is 1. The highest BCUT2D eigenvalue weighted by molar-refractivity contribution is 5.82. The maximum atomic E-state index is 12.2. The summed E-state index contributed by atoms with van der Waals surface area (Å²) in [7, 11) is 1.99. The van der Waals surface area contributed by atoms with Gasteiger partial charge in [-0.25, -0.2) is 4.79 Å². The van der Waals surface area contributed by atoms with Gasteiger partial charge in [-0.1, -0.05) is 6.07 Å². The van der Waals surface area contributed by atoms with E-state index in [0.29, 0.717) is 13.2 Å². The maximum absolute atomic E-state index is 12.2. The predicted octanol–water partition coefficient (Wildman–Crippen LogP) is 1.23. The van der Waals surface area contributed by atoms with Gasteiger partial charge in [-0.15, -0.1) is 0 Å². The lowest BCUT2D eigenvalue weighted by Crippen LogP contribution is -2.58. The number of carbonyl (C=O) groups is 1. The maximum Gasteiger partial charge on any atom is 0.327 e. The van der Waals surface area contributed by atoms with E-state index in [4.69, 9.17) is 10.5 Å². The average molecular weight is 291 g/mol. The fraction of sp³-hybridized carbons (Fsp3) is 0.625. The zero-order chi connectivity index (χ0) is 15.3. The molecule has 5 heteroatoms. The molecule has 116 valence electrons. The molecule has 1 aromatic heterocycles. The first kappa shape index (κ1) is 15.9. The van der Waals surface area contributed by atoms with Crippen molar-refractivity contribution < 1.29 is 9.53 Å². The number of nitrogens with zero attached hydrogens (tertiary/aromatic N) is 2. The molecule has 0 bridgehead atoms. The van der Waals surface area contributed by atoms with Crippen molar-refractivity contribution in [3.63, 3.8) is 0 Å². The lowest BCUT2D eigenvalue weighted by atomic mass is 9.94. The smallest absolute Gasteiger partial charge is 0.327 e. The van der Waals surface area contributed by atoms with Gasteiger partial charge in [0.1, 0.15) is 5.54 Å². The highest BCUT2D eigenvalue weighted by Crippen LogP contribution is 2.39. The molecule has 0 radical (unpaired) electrons. The fourth-order valence-corrected chi connectivity index (χ4v) is 2.60. The highest BCUT2D eigenvalue weighted by atomic mass is 16.5. The van der Waals surface area contributed by atoms with Crippen molar-refractivity contribution >= 4 is 5.97 Å². The van der Waals surface area contributed by atoms with Crippen LogP contribution < -0.4 is 5.73 Å². The van der Waals surface area contributed by atoms with Gasteiger partial charge in [0.05, 0.1) is 6.61 Å². The third-order valence-electron chi connectivity index (χ3n) is 3.97. The first-order chi connectivity index (χ1) is 10.1. The van der Waals surface area contributed by atoms with Crippen LogP contribution in [-0.4, -0.2) is 48.1 Å². The molecule has 0 amide bonds. The Kier molecular flexibility index (Phi) is 5.31. The van der Waals surface area contributed by atoms with E-state index < -0.39 is 5.54 Å². The molecule has 1 aliphatic rings. The summed E-state index contributed by atoms with van der Waals surface area (Å²) in [5.74, 6) is -0.00830. The second-order valence-corrected chi connectivity index (χ2v) is 5.84. The van der Waals surface area contributed by atoms with Gasteiger partial charge in [0.15, 0.2) is 0 Å². The van der Waals surface area contributed by atoms with Crippen LogP contribution in [0.3, 0.4) is 0 Å². The van der Waals surface area contributed by atoms with Crippen LogP contribution in [0.4, 0.5) is 0 Å². The standard InChI is InChI=1S/C16H25N3O2/c1-3-21-15(20)16(17,13-7-8-13)12-19(2)11-9-14-6-4-5-10-18-14/h4-6,10,13H,3,7-9,11-12,17H2,1-2H3. The van der Waals surface area contributed by atoms with Gasteiger partial charge >= 0.3 is 5.97 Å². The number of pyridine rings is 1. The Morgan fingerprint density at radius 2 is 2.29 bits per heavy atom. The van der Waals surface area contributed by atoms with Crippen molar-refractivity contribution in [2.24, 2.45) is 11.7 Å². The van der Waals surface area contributed by atoms with Crippen LogP contribution >= 0.6 is 0 Å². The summed E-state index contributed by atoms with van der Waals surface area (Å²) in [4.78, 5) is 18.6. The first-order valence-electron chi connectivity index (χ1n) is 7.61. The van der Waals surface area contributed by atoms with E-state index in [1.54, 1.807) is 6.20 Å². The van der Waals surface area contributed by atoms with Gasteiger partial charge < -0.3 is 15.4 Å². The van der Waals surface area contributed by atoms with Crippen LogP contribution in [0.15, 0.2) is 24.4 Å². The van der Waals surface area contributed by atoms with Crippen molar-refractivity contribution in [1.29, 1.82) is 0 Å². The molecule has 0 aliphatic heterocycles. The molecule has 21 heavy (non-hydrogen) atoms. The van der Waals surface area contributed by atoms with E-state index in [-0.39, 0.29) is 11.9 Å². The van der Waals surface area contributed by atoms with E-state index in [1.165, 1.54) is 0 Å². The molecule has 1 unspecified atom stereocenters.